The molecule has 3 atom stereocenters. The fourth-order valence-electron chi connectivity index (χ4n) is 4.53. The molecule has 43 heavy (non-hydrogen) atoms. The van der Waals surface area contributed by atoms with Crippen LogP contribution >= 0.6 is 0 Å². The average Bonchev–Trinajstić information content (AvgIpc) is 3.31. The van der Waals surface area contributed by atoms with Crippen LogP contribution in [0.5, 0.6) is 17.4 Å². The van der Waals surface area contributed by atoms with Gasteiger partial charge in [0.1, 0.15) is 23.8 Å². The van der Waals surface area contributed by atoms with Crippen molar-refractivity contribution >= 4 is 28.9 Å². The third-order valence-corrected chi connectivity index (χ3v) is 6.49. The Morgan fingerprint density at radius 1 is 0.977 bits per heavy atom. The average molecular weight is 615 g/mol. The summed E-state index contributed by atoms with van der Waals surface area (Å²) in [5.41, 5.74) is -1.79. The Labute approximate surface area is 247 Å². The van der Waals surface area contributed by atoms with Crippen molar-refractivity contribution in [3.8, 4) is 17.4 Å². The Kier molecular flexibility index (Phi) is 9.56. The number of esters is 1. The van der Waals surface area contributed by atoms with Crippen molar-refractivity contribution in [3.05, 3.63) is 18.0 Å². The Morgan fingerprint density at radius 2 is 1.58 bits per heavy atom. The maximum atomic E-state index is 13.9. The van der Waals surface area contributed by atoms with Crippen molar-refractivity contribution in [2.24, 2.45) is 5.41 Å². The Bertz CT molecular complexity index is 1370. The van der Waals surface area contributed by atoms with Gasteiger partial charge in [-0.25, -0.2) is 14.6 Å². The first-order valence-corrected chi connectivity index (χ1v) is 13.3. The molecule has 0 saturated carbocycles. The molecular weight excluding hydrogens is 577 g/mol. The number of halogens is 3. The second kappa shape index (κ2) is 12.3. The molecule has 2 aromatic rings. The zero-order valence-corrected chi connectivity index (χ0v) is 25.5. The number of ether oxygens (including phenoxy) is 5. The van der Waals surface area contributed by atoms with Crippen molar-refractivity contribution in [1.82, 2.24) is 20.2 Å². The highest BCUT2D eigenvalue weighted by atomic mass is 19.4. The van der Waals surface area contributed by atoms with E-state index in [1.165, 1.54) is 31.3 Å². The van der Waals surface area contributed by atoms with Gasteiger partial charge in [0, 0.05) is 12.5 Å². The summed E-state index contributed by atoms with van der Waals surface area (Å²) in [6.07, 6.45) is -6.85. The summed E-state index contributed by atoms with van der Waals surface area (Å²) in [7, 11) is 3.83. The summed E-state index contributed by atoms with van der Waals surface area (Å²) < 4.78 is 67.9. The van der Waals surface area contributed by atoms with Gasteiger partial charge in [-0.05, 0) is 32.3 Å². The quantitative estimate of drug-likeness (QED) is 0.453. The number of carbonyl (C=O) groups is 3. The molecular formula is C28H37F3N4O8. The SMILES string of the molecule is COC(=O)C1C[C@@H](Oc2nc(C(F)(F)F)nc3cc(OC)c(OC)cc23)CN1C(=O)C(NC(=O)OC(C)(C)C)C(C)(C)C. The number of hydrogen-bond acceptors (Lipinski definition) is 10. The van der Waals surface area contributed by atoms with E-state index in [-0.39, 0.29) is 35.4 Å². The second-order valence-electron chi connectivity index (χ2n) is 12.0. The lowest BCUT2D eigenvalue weighted by Gasteiger charge is -2.35. The number of nitrogens with one attached hydrogen (secondary N) is 1. The van der Waals surface area contributed by atoms with Crippen LogP contribution in [0.2, 0.25) is 0 Å². The highest BCUT2D eigenvalue weighted by Crippen LogP contribution is 2.38. The van der Waals surface area contributed by atoms with Gasteiger partial charge in [0.05, 0.1) is 38.8 Å². The number of alkyl carbamates (subject to hydrolysis) is 1. The summed E-state index contributed by atoms with van der Waals surface area (Å²) in [6, 6.07) is 0.342. The number of alkyl halides is 3. The van der Waals surface area contributed by atoms with Gasteiger partial charge in [-0.3, -0.25) is 4.79 Å². The Hall–Kier alpha value is -4.04. The van der Waals surface area contributed by atoms with E-state index in [2.05, 4.69) is 15.3 Å². The smallest absolute Gasteiger partial charge is 0.451 e. The van der Waals surface area contributed by atoms with E-state index in [0.29, 0.717) is 0 Å². The predicted octanol–water partition coefficient (Wildman–Crippen LogP) is 4.13. The van der Waals surface area contributed by atoms with Crippen LogP contribution in [0.25, 0.3) is 10.9 Å². The minimum Gasteiger partial charge on any atom is -0.493 e. The minimum absolute atomic E-state index is 0.0872. The maximum absolute atomic E-state index is 13.9. The standard InChI is InChI=1S/C28H37F3N4O8/c1-26(2,3)20(33-25(38)43-27(4,5)6)22(36)35-13-14(10-17(35)23(37)41-9)42-21-15-11-18(39-7)19(40-8)12-16(15)32-24(34-21)28(29,30)31/h11-12,14,17,20H,10,13H2,1-9H3,(H,33,38)/t14-,17?,20?/m1/s1. The summed E-state index contributed by atoms with van der Waals surface area (Å²) in [6.45, 7) is 9.95. The number of fused-ring (bicyclic) bond motifs is 1. The molecule has 15 heteroatoms. The highest BCUT2D eigenvalue weighted by molar-refractivity contribution is 5.91. The van der Waals surface area contributed by atoms with Crippen LogP contribution in [0, 0.1) is 5.41 Å². The lowest BCUT2D eigenvalue weighted by Crippen LogP contribution is -2.57. The predicted molar refractivity (Wildman–Crippen MR) is 147 cm³/mol. The molecule has 1 aromatic heterocycles. The van der Waals surface area contributed by atoms with Crippen LogP contribution in [-0.2, 0) is 25.2 Å². The first-order valence-electron chi connectivity index (χ1n) is 13.3. The van der Waals surface area contributed by atoms with Crippen molar-refractivity contribution in [1.29, 1.82) is 0 Å². The number of nitrogens with zero attached hydrogens (tertiary/aromatic N) is 3. The van der Waals surface area contributed by atoms with E-state index in [9.17, 15) is 27.6 Å². The molecule has 1 aliphatic heterocycles. The lowest BCUT2D eigenvalue weighted by molar-refractivity contribution is -0.152. The molecule has 238 valence electrons. The number of rotatable bonds is 7. The van der Waals surface area contributed by atoms with Crippen LogP contribution in [0.3, 0.4) is 0 Å². The minimum atomic E-state index is -4.90. The fourth-order valence-corrected chi connectivity index (χ4v) is 4.53. The number of amides is 2. The van der Waals surface area contributed by atoms with Gasteiger partial charge in [0.25, 0.3) is 0 Å². The highest BCUT2D eigenvalue weighted by Gasteiger charge is 2.47. The molecule has 1 N–H and O–H groups in total. The van der Waals surface area contributed by atoms with Crippen LogP contribution in [0.15, 0.2) is 12.1 Å². The number of benzene rings is 1. The van der Waals surface area contributed by atoms with Crippen molar-refractivity contribution in [2.75, 3.05) is 27.9 Å². The molecule has 2 unspecified atom stereocenters. The molecule has 3 rings (SSSR count). The maximum Gasteiger partial charge on any atom is 0.451 e. The molecule has 2 heterocycles. The Balaban J connectivity index is 2.01. The van der Waals surface area contributed by atoms with Gasteiger partial charge < -0.3 is 33.9 Å². The molecule has 12 nitrogen and oxygen atoms in total. The van der Waals surface area contributed by atoms with Crippen LogP contribution in [-0.4, -0.2) is 84.5 Å². The zero-order chi connectivity index (χ0) is 32.5. The summed E-state index contributed by atoms with van der Waals surface area (Å²) in [5, 5.41) is 2.67. The summed E-state index contributed by atoms with van der Waals surface area (Å²) >= 11 is 0. The number of carbonyl (C=O) groups excluding carboxylic acids is 3. The normalized spacial score (nSPS) is 18.2. The molecule has 0 radical (unpaired) electrons. The molecule has 0 aliphatic carbocycles. The number of methoxy groups -OCH3 is 3. The molecule has 1 aliphatic rings. The van der Waals surface area contributed by atoms with E-state index in [1.807, 2.05) is 0 Å². The van der Waals surface area contributed by atoms with E-state index >= 15 is 0 Å². The van der Waals surface area contributed by atoms with Crippen LogP contribution in [0.4, 0.5) is 18.0 Å². The molecule has 2 amide bonds. The lowest BCUT2D eigenvalue weighted by atomic mass is 9.85. The van der Waals surface area contributed by atoms with E-state index in [1.54, 1.807) is 41.5 Å². The summed E-state index contributed by atoms with van der Waals surface area (Å²) in [4.78, 5) is 47.7. The van der Waals surface area contributed by atoms with Gasteiger partial charge in [0.15, 0.2) is 11.5 Å². The first-order chi connectivity index (χ1) is 19.8. The van der Waals surface area contributed by atoms with Gasteiger partial charge in [0.2, 0.25) is 17.6 Å². The van der Waals surface area contributed by atoms with Gasteiger partial charge in [-0.1, -0.05) is 20.8 Å². The largest absolute Gasteiger partial charge is 0.493 e. The molecule has 1 aromatic carbocycles. The number of aromatic nitrogens is 2. The van der Waals surface area contributed by atoms with Gasteiger partial charge >= 0.3 is 18.2 Å². The molecule has 1 saturated heterocycles. The topological polar surface area (TPSA) is 138 Å². The van der Waals surface area contributed by atoms with Crippen LogP contribution < -0.4 is 19.5 Å². The first kappa shape index (κ1) is 33.5. The van der Waals surface area contributed by atoms with E-state index in [0.717, 1.165) is 7.11 Å². The molecule has 1 fully saturated rings. The fraction of sp³-hybridized carbons (Fsp3) is 0.607. The zero-order valence-electron chi connectivity index (χ0n) is 25.5. The van der Waals surface area contributed by atoms with Gasteiger partial charge in [-0.2, -0.15) is 18.2 Å². The van der Waals surface area contributed by atoms with Crippen LogP contribution in [0.1, 0.15) is 53.8 Å². The van der Waals surface area contributed by atoms with Crippen molar-refractivity contribution in [2.45, 2.75) is 77.9 Å². The summed E-state index contributed by atoms with van der Waals surface area (Å²) in [5.74, 6) is -2.94. The van der Waals surface area contributed by atoms with E-state index < -0.39 is 65.1 Å². The number of likely N-dealkylation sites (tertiary alicyclic amines) is 1. The monoisotopic (exact) mass is 614 g/mol. The second-order valence-corrected chi connectivity index (χ2v) is 12.0. The number of hydrogen-bond donors (Lipinski definition) is 1. The Morgan fingerprint density at radius 3 is 2.09 bits per heavy atom. The third-order valence-electron chi connectivity index (χ3n) is 6.49. The molecule has 0 spiro atoms. The van der Waals surface area contributed by atoms with E-state index in [4.69, 9.17) is 23.7 Å². The molecule has 0 bridgehead atoms. The van der Waals surface area contributed by atoms with Crippen molar-refractivity contribution < 1.29 is 51.2 Å². The van der Waals surface area contributed by atoms with Gasteiger partial charge in [-0.15, -0.1) is 0 Å². The van der Waals surface area contributed by atoms with Crippen molar-refractivity contribution in [3.63, 3.8) is 0 Å². The third kappa shape index (κ3) is 7.87.